The molecular weight excluding hydrogens is 237 g/mol. The second-order valence-corrected chi connectivity index (χ2v) is 3.96. The maximum atomic E-state index is 13.5. The molecule has 2 rings (SSSR count). The van der Waals surface area contributed by atoms with E-state index in [9.17, 15) is 9.50 Å². The van der Waals surface area contributed by atoms with Crippen molar-refractivity contribution in [2.45, 2.75) is 13.0 Å². The minimum Gasteiger partial charge on any atom is -0.494 e. The summed E-state index contributed by atoms with van der Waals surface area (Å²) in [6.07, 6.45) is 0.843. The van der Waals surface area contributed by atoms with Crippen molar-refractivity contribution >= 4 is 16.7 Å². The summed E-state index contributed by atoms with van der Waals surface area (Å²) in [5.41, 5.74) is 0.483. The van der Waals surface area contributed by atoms with Crippen LogP contribution in [0.2, 0.25) is 0 Å². The van der Waals surface area contributed by atoms with Gasteiger partial charge in [-0.05, 0) is 13.0 Å². The van der Waals surface area contributed by atoms with Gasteiger partial charge in [0, 0.05) is 18.0 Å². The van der Waals surface area contributed by atoms with Gasteiger partial charge in [0.2, 0.25) is 0 Å². The molecule has 6 heteroatoms. The molecule has 96 valence electrons. The van der Waals surface area contributed by atoms with Gasteiger partial charge in [0.15, 0.2) is 11.6 Å². The van der Waals surface area contributed by atoms with Crippen LogP contribution >= 0.6 is 0 Å². The summed E-state index contributed by atoms with van der Waals surface area (Å²) < 4.78 is 18.4. The third-order valence-corrected chi connectivity index (χ3v) is 2.47. The van der Waals surface area contributed by atoms with Crippen LogP contribution in [0.5, 0.6) is 5.75 Å². The summed E-state index contributed by atoms with van der Waals surface area (Å²) in [7, 11) is 1.40. The molecule has 0 amide bonds. The molecule has 0 spiro atoms. The lowest BCUT2D eigenvalue weighted by molar-refractivity contribution is 0.208. The summed E-state index contributed by atoms with van der Waals surface area (Å²) in [6.45, 7) is 2.02. The molecule has 5 nitrogen and oxygen atoms in total. The molecule has 0 radical (unpaired) electrons. The average Bonchev–Trinajstić information content (AvgIpc) is 2.35. The number of aliphatic hydroxyl groups excluding tert-OH is 1. The lowest BCUT2D eigenvalue weighted by Gasteiger charge is -2.11. The maximum Gasteiger partial charge on any atom is 0.167 e. The highest BCUT2D eigenvalue weighted by Gasteiger charge is 2.10. The van der Waals surface area contributed by atoms with Crippen molar-refractivity contribution in [1.82, 2.24) is 9.97 Å². The molecular formula is C12H14FN3O2. The molecule has 0 saturated carbocycles. The van der Waals surface area contributed by atoms with Crippen LogP contribution in [0, 0.1) is 5.82 Å². The second-order valence-electron chi connectivity index (χ2n) is 3.96. The van der Waals surface area contributed by atoms with Gasteiger partial charge in [0.05, 0.1) is 18.7 Å². The van der Waals surface area contributed by atoms with Crippen molar-refractivity contribution in [3.8, 4) is 5.75 Å². The van der Waals surface area contributed by atoms with Gasteiger partial charge in [-0.1, -0.05) is 0 Å². The summed E-state index contributed by atoms with van der Waals surface area (Å²) in [5.74, 6) is 0.210. The Kier molecular flexibility index (Phi) is 3.57. The molecule has 1 atom stereocenters. The van der Waals surface area contributed by atoms with E-state index in [1.54, 1.807) is 6.92 Å². The van der Waals surface area contributed by atoms with Crippen molar-refractivity contribution in [3.63, 3.8) is 0 Å². The number of benzene rings is 1. The highest BCUT2D eigenvalue weighted by Crippen LogP contribution is 2.27. The first-order valence-corrected chi connectivity index (χ1v) is 5.52. The lowest BCUT2D eigenvalue weighted by atomic mass is 10.2. The van der Waals surface area contributed by atoms with E-state index in [1.807, 2.05) is 0 Å². The lowest BCUT2D eigenvalue weighted by Crippen LogP contribution is -2.16. The number of aliphatic hydroxyl groups is 1. The van der Waals surface area contributed by atoms with Crippen molar-refractivity contribution < 1.29 is 14.2 Å². The molecule has 0 fully saturated rings. The fraction of sp³-hybridized carbons (Fsp3) is 0.333. The van der Waals surface area contributed by atoms with Crippen LogP contribution < -0.4 is 10.1 Å². The van der Waals surface area contributed by atoms with Gasteiger partial charge >= 0.3 is 0 Å². The fourth-order valence-corrected chi connectivity index (χ4v) is 1.60. The predicted octanol–water partition coefficient (Wildman–Crippen LogP) is 1.57. The number of ether oxygens (including phenoxy) is 1. The van der Waals surface area contributed by atoms with Crippen molar-refractivity contribution in [2.75, 3.05) is 19.0 Å². The Hall–Kier alpha value is -1.95. The van der Waals surface area contributed by atoms with E-state index in [1.165, 1.54) is 25.6 Å². The van der Waals surface area contributed by atoms with E-state index in [0.29, 0.717) is 23.3 Å². The van der Waals surface area contributed by atoms with E-state index >= 15 is 0 Å². The largest absolute Gasteiger partial charge is 0.494 e. The molecule has 2 aromatic rings. The molecule has 1 aromatic carbocycles. The zero-order valence-electron chi connectivity index (χ0n) is 10.1. The van der Waals surface area contributed by atoms with Gasteiger partial charge in [0.1, 0.15) is 12.1 Å². The molecule has 1 unspecified atom stereocenters. The number of rotatable bonds is 4. The summed E-state index contributed by atoms with van der Waals surface area (Å²) >= 11 is 0. The first-order chi connectivity index (χ1) is 8.61. The molecule has 0 aliphatic carbocycles. The zero-order chi connectivity index (χ0) is 13.1. The number of halogens is 1. The van der Waals surface area contributed by atoms with Gasteiger partial charge in [-0.15, -0.1) is 0 Å². The van der Waals surface area contributed by atoms with Crippen molar-refractivity contribution in [2.24, 2.45) is 0 Å². The molecule has 2 N–H and O–H groups in total. The minimum absolute atomic E-state index is 0.136. The Morgan fingerprint density at radius 1 is 1.44 bits per heavy atom. The molecule has 18 heavy (non-hydrogen) atoms. The highest BCUT2D eigenvalue weighted by molar-refractivity contribution is 5.90. The van der Waals surface area contributed by atoms with Crippen molar-refractivity contribution in [1.29, 1.82) is 0 Å². The van der Waals surface area contributed by atoms with E-state index in [2.05, 4.69) is 15.3 Å². The second kappa shape index (κ2) is 5.14. The fourth-order valence-electron chi connectivity index (χ4n) is 1.60. The number of fused-ring (bicyclic) bond motifs is 1. The Labute approximate surface area is 104 Å². The third kappa shape index (κ3) is 2.48. The van der Waals surface area contributed by atoms with Crippen LogP contribution in [0.1, 0.15) is 6.92 Å². The Balaban J connectivity index is 2.46. The maximum absolute atomic E-state index is 13.5. The van der Waals surface area contributed by atoms with Crippen LogP contribution in [0.4, 0.5) is 10.2 Å². The topological polar surface area (TPSA) is 67.3 Å². The van der Waals surface area contributed by atoms with Crippen molar-refractivity contribution in [3.05, 3.63) is 24.3 Å². The first-order valence-electron chi connectivity index (χ1n) is 5.52. The Bertz CT molecular complexity index is 560. The molecule has 1 heterocycles. The third-order valence-electron chi connectivity index (χ3n) is 2.47. The van der Waals surface area contributed by atoms with Crippen LogP contribution in [0.3, 0.4) is 0 Å². The summed E-state index contributed by atoms with van der Waals surface area (Å²) in [5, 5.41) is 12.9. The predicted molar refractivity (Wildman–Crippen MR) is 66.2 cm³/mol. The van der Waals surface area contributed by atoms with Crippen LogP contribution in [-0.4, -0.2) is 34.8 Å². The molecule has 0 saturated heterocycles. The number of methoxy groups -OCH3 is 1. The van der Waals surface area contributed by atoms with Gasteiger partial charge in [0.25, 0.3) is 0 Å². The van der Waals surface area contributed by atoms with Gasteiger partial charge in [-0.25, -0.2) is 14.4 Å². The molecule has 0 aliphatic heterocycles. The van der Waals surface area contributed by atoms with E-state index in [0.717, 1.165) is 0 Å². The van der Waals surface area contributed by atoms with E-state index < -0.39 is 11.9 Å². The van der Waals surface area contributed by atoms with Crippen LogP contribution in [-0.2, 0) is 0 Å². The number of nitrogens with one attached hydrogen (secondary N) is 1. The van der Waals surface area contributed by atoms with Gasteiger partial charge in [-0.3, -0.25) is 0 Å². The van der Waals surface area contributed by atoms with Gasteiger partial charge < -0.3 is 15.2 Å². The van der Waals surface area contributed by atoms with E-state index in [4.69, 9.17) is 4.74 Å². The van der Waals surface area contributed by atoms with E-state index in [-0.39, 0.29) is 5.75 Å². The van der Waals surface area contributed by atoms with Gasteiger partial charge in [-0.2, -0.15) is 0 Å². The Morgan fingerprint density at radius 3 is 2.89 bits per heavy atom. The molecule has 0 aliphatic rings. The minimum atomic E-state index is -0.502. The monoisotopic (exact) mass is 251 g/mol. The Morgan fingerprint density at radius 2 is 2.22 bits per heavy atom. The number of aromatic nitrogens is 2. The quantitative estimate of drug-likeness (QED) is 0.863. The summed E-state index contributed by atoms with van der Waals surface area (Å²) in [6, 6.07) is 2.83. The number of hydrogen-bond acceptors (Lipinski definition) is 5. The normalized spacial score (nSPS) is 12.4. The standard InChI is InChI=1S/C12H14FN3O2/c1-7(17)5-14-12-8-3-11(18-2)9(13)4-10(8)15-6-16-12/h3-4,6-7,17H,5H2,1-2H3,(H,14,15,16). The smallest absolute Gasteiger partial charge is 0.167 e. The number of anilines is 1. The average molecular weight is 251 g/mol. The number of nitrogens with zero attached hydrogens (tertiary/aromatic N) is 2. The summed E-state index contributed by atoms with van der Waals surface area (Å²) in [4.78, 5) is 8.07. The number of hydrogen-bond donors (Lipinski definition) is 2. The zero-order valence-corrected chi connectivity index (χ0v) is 10.1. The van der Waals surface area contributed by atoms with Crippen LogP contribution in [0.25, 0.3) is 10.9 Å². The SMILES string of the molecule is COc1cc2c(NCC(C)O)ncnc2cc1F. The first kappa shape index (κ1) is 12.5. The van der Waals surface area contributed by atoms with Crippen LogP contribution in [0.15, 0.2) is 18.5 Å². The molecule has 0 bridgehead atoms. The molecule has 1 aromatic heterocycles. The highest BCUT2D eigenvalue weighted by atomic mass is 19.1.